The fourth-order valence-electron chi connectivity index (χ4n) is 4.06. The Kier molecular flexibility index (Phi) is 6.98. The lowest BCUT2D eigenvalue weighted by Crippen LogP contribution is -2.34. The average molecular weight is 453 g/mol. The Labute approximate surface area is 192 Å². The quantitative estimate of drug-likeness (QED) is 0.593. The van der Waals surface area contributed by atoms with Gasteiger partial charge in [-0.3, -0.25) is 14.7 Å². The van der Waals surface area contributed by atoms with E-state index < -0.39 is 0 Å². The zero-order chi connectivity index (χ0) is 23.4. The minimum Gasteiger partial charge on any atom is -0.497 e. The summed E-state index contributed by atoms with van der Waals surface area (Å²) in [7, 11) is 1.58. The first-order chi connectivity index (χ1) is 16.0. The van der Waals surface area contributed by atoms with Crippen LogP contribution in [0.25, 0.3) is 0 Å². The van der Waals surface area contributed by atoms with Crippen LogP contribution in [0.5, 0.6) is 5.75 Å². The van der Waals surface area contributed by atoms with Crippen molar-refractivity contribution in [1.82, 2.24) is 30.0 Å². The van der Waals surface area contributed by atoms with E-state index in [4.69, 9.17) is 4.74 Å². The van der Waals surface area contributed by atoms with Gasteiger partial charge in [-0.25, -0.2) is 4.39 Å². The molecule has 2 aromatic heterocycles. The lowest BCUT2D eigenvalue weighted by molar-refractivity contribution is 0.0916. The second-order valence-corrected chi connectivity index (χ2v) is 8.52. The van der Waals surface area contributed by atoms with Crippen molar-refractivity contribution in [3.8, 4) is 5.75 Å². The minimum atomic E-state index is -0.303. The zero-order valence-electron chi connectivity index (χ0n) is 19.2. The van der Waals surface area contributed by atoms with Gasteiger partial charge in [0.05, 0.1) is 13.2 Å². The lowest BCUT2D eigenvalue weighted by Gasteiger charge is -2.23. The summed E-state index contributed by atoms with van der Waals surface area (Å²) in [5.41, 5.74) is 0.972. The van der Waals surface area contributed by atoms with Gasteiger partial charge in [-0.05, 0) is 36.2 Å². The van der Waals surface area contributed by atoms with Crippen LogP contribution in [0.4, 0.5) is 4.39 Å². The second-order valence-electron chi connectivity index (χ2n) is 8.52. The molecule has 0 bridgehead atoms. The molecule has 4 rings (SSSR count). The maximum absolute atomic E-state index is 14.3. The van der Waals surface area contributed by atoms with Crippen molar-refractivity contribution in [1.29, 1.82) is 0 Å². The molecule has 0 spiro atoms. The molecule has 33 heavy (non-hydrogen) atoms. The number of carbonyl (C=O) groups excluding carboxylic acids is 1. The summed E-state index contributed by atoms with van der Waals surface area (Å²) in [6.07, 6.45) is 2.29. The van der Waals surface area contributed by atoms with Crippen LogP contribution >= 0.6 is 0 Å². The lowest BCUT2D eigenvalue weighted by atomic mass is 10.0. The van der Waals surface area contributed by atoms with Gasteiger partial charge < -0.3 is 14.6 Å². The standard InChI is InChI=1S/C24H29FN6O2/c1-16(2)22(27-24(32)20-6-4-5-10-26-20)23-29-28-21-9-11-30(12-13-31(21)23)15-17-14-18(33-3)7-8-19(17)25/h4-8,10,14,16,22H,9,11-13,15H2,1-3H3,(H,27,32). The number of nitrogens with zero attached hydrogens (tertiary/aromatic N) is 5. The van der Waals surface area contributed by atoms with Crippen molar-refractivity contribution in [3.05, 3.63) is 71.3 Å². The molecule has 9 heteroatoms. The van der Waals surface area contributed by atoms with Gasteiger partial charge in [0.1, 0.15) is 23.1 Å². The topological polar surface area (TPSA) is 85.2 Å². The van der Waals surface area contributed by atoms with Gasteiger partial charge in [0.25, 0.3) is 5.91 Å². The first-order valence-corrected chi connectivity index (χ1v) is 11.1. The first kappa shape index (κ1) is 22.8. The van der Waals surface area contributed by atoms with Gasteiger partial charge in [-0.2, -0.15) is 0 Å². The molecule has 1 amide bonds. The molecule has 3 heterocycles. The van der Waals surface area contributed by atoms with Crippen molar-refractivity contribution >= 4 is 5.91 Å². The van der Waals surface area contributed by atoms with Crippen molar-refractivity contribution in [2.24, 2.45) is 5.92 Å². The molecule has 1 aromatic carbocycles. The minimum absolute atomic E-state index is 0.108. The van der Waals surface area contributed by atoms with Gasteiger partial charge >= 0.3 is 0 Å². The third-order valence-electron chi connectivity index (χ3n) is 5.92. The van der Waals surface area contributed by atoms with Gasteiger partial charge in [0, 0.05) is 44.4 Å². The van der Waals surface area contributed by atoms with Crippen molar-refractivity contribution in [3.63, 3.8) is 0 Å². The smallest absolute Gasteiger partial charge is 0.270 e. The maximum atomic E-state index is 14.3. The number of hydrogen-bond acceptors (Lipinski definition) is 6. The Balaban J connectivity index is 1.49. The Morgan fingerprint density at radius 3 is 2.76 bits per heavy atom. The highest BCUT2D eigenvalue weighted by Gasteiger charge is 2.28. The van der Waals surface area contributed by atoms with E-state index in [1.165, 1.54) is 6.07 Å². The molecule has 3 aromatic rings. The number of ether oxygens (including phenoxy) is 1. The van der Waals surface area contributed by atoms with Crippen LogP contribution in [0.3, 0.4) is 0 Å². The summed E-state index contributed by atoms with van der Waals surface area (Å²) in [4.78, 5) is 19.1. The molecule has 0 saturated heterocycles. The normalized spacial score (nSPS) is 15.1. The summed E-state index contributed by atoms with van der Waals surface area (Å²) in [5, 5.41) is 11.9. The molecule has 0 radical (unpaired) electrons. The number of fused-ring (bicyclic) bond motifs is 1. The highest BCUT2D eigenvalue weighted by atomic mass is 19.1. The van der Waals surface area contributed by atoms with Crippen LogP contribution < -0.4 is 10.1 Å². The summed E-state index contributed by atoms with van der Waals surface area (Å²) in [5.74, 6) is 1.88. The maximum Gasteiger partial charge on any atom is 0.270 e. The number of hydrogen-bond donors (Lipinski definition) is 1. The average Bonchev–Trinajstić information content (AvgIpc) is 3.12. The van der Waals surface area contributed by atoms with E-state index in [1.54, 1.807) is 43.6 Å². The molecule has 0 aliphatic carbocycles. The molecular weight excluding hydrogens is 423 g/mol. The van der Waals surface area contributed by atoms with Gasteiger partial charge in [0.15, 0.2) is 5.82 Å². The Bertz CT molecular complexity index is 1100. The van der Waals surface area contributed by atoms with E-state index >= 15 is 0 Å². The Hall–Kier alpha value is -3.33. The van der Waals surface area contributed by atoms with E-state index in [0.717, 1.165) is 18.2 Å². The third kappa shape index (κ3) is 5.19. The summed E-state index contributed by atoms with van der Waals surface area (Å²) >= 11 is 0. The number of aromatic nitrogens is 4. The van der Waals surface area contributed by atoms with Crippen molar-refractivity contribution < 1.29 is 13.9 Å². The van der Waals surface area contributed by atoms with E-state index in [2.05, 4.69) is 30.0 Å². The SMILES string of the molecule is COc1ccc(F)c(CN2CCc3nnc(C(NC(=O)c4ccccn4)C(C)C)n3CC2)c1. The number of pyridine rings is 1. The third-order valence-corrected chi connectivity index (χ3v) is 5.92. The van der Waals surface area contributed by atoms with Crippen LogP contribution in [0, 0.1) is 11.7 Å². The van der Waals surface area contributed by atoms with Crippen molar-refractivity contribution in [2.45, 2.75) is 39.4 Å². The van der Waals surface area contributed by atoms with E-state index in [-0.39, 0.29) is 23.7 Å². The second kappa shape index (κ2) is 10.1. The van der Waals surface area contributed by atoms with Crippen LogP contribution in [0.1, 0.15) is 47.6 Å². The highest BCUT2D eigenvalue weighted by molar-refractivity contribution is 5.92. The van der Waals surface area contributed by atoms with E-state index in [1.807, 2.05) is 13.8 Å². The number of methoxy groups -OCH3 is 1. The van der Waals surface area contributed by atoms with Crippen LogP contribution in [0.2, 0.25) is 0 Å². The summed E-state index contributed by atoms with van der Waals surface area (Å²) < 4.78 is 21.7. The monoisotopic (exact) mass is 452 g/mol. The molecule has 1 unspecified atom stereocenters. The van der Waals surface area contributed by atoms with E-state index in [0.29, 0.717) is 43.1 Å². The Morgan fingerprint density at radius 2 is 2.03 bits per heavy atom. The molecule has 0 saturated carbocycles. The van der Waals surface area contributed by atoms with Gasteiger partial charge in [0.2, 0.25) is 0 Å². The molecular formula is C24H29FN6O2. The predicted molar refractivity (Wildman–Crippen MR) is 121 cm³/mol. The summed E-state index contributed by atoms with van der Waals surface area (Å²) in [6, 6.07) is 9.76. The highest BCUT2D eigenvalue weighted by Crippen LogP contribution is 2.24. The number of halogens is 1. The van der Waals surface area contributed by atoms with E-state index in [9.17, 15) is 9.18 Å². The molecule has 1 aliphatic rings. The van der Waals surface area contributed by atoms with Crippen LogP contribution in [-0.2, 0) is 19.5 Å². The predicted octanol–water partition coefficient (Wildman–Crippen LogP) is 3.01. The number of amides is 1. The molecule has 1 atom stereocenters. The fourth-order valence-corrected chi connectivity index (χ4v) is 4.06. The van der Waals surface area contributed by atoms with Crippen molar-refractivity contribution in [2.75, 3.05) is 20.2 Å². The Morgan fingerprint density at radius 1 is 1.18 bits per heavy atom. The molecule has 0 fully saturated rings. The summed E-state index contributed by atoms with van der Waals surface area (Å²) in [6.45, 7) is 6.68. The number of carbonyl (C=O) groups is 1. The van der Waals surface area contributed by atoms with Crippen LogP contribution in [-0.4, -0.2) is 50.8 Å². The van der Waals surface area contributed by atoms with Gasteiger partial charge in [-0.15, -0.1) is 10.2 Å². The molecule has 1 aliphatic heterocycles. The largest absolute Gasteiger partial charge is 0.497 e. The fraction of sp³-hybridized carbons (Fsp3) is 0.417. The van der Waals surface area contributed by atoms with Gasteiger partial charge in [-0.1, -0.05) is 19.9 Å². The number of benzene rings is 1. The first-order valence-electron chi connectivity index (χ1n) is 11.1. The van der Waals surface area contributed by atoms with Crippen LogP contribution in [0.15, 0.2) is 42.6 Å². The molecule has 1 N–H and O–H groups in total. The number of rotatable bonds is 7. The molecule has 8 nitrogen and oxygen atoms in total. The number of nitrogens with one attached hydrogen (secondary N) is 1. The molecule has 174 valence electrons. The zero-order valence-corrected chi connectivity index (χ0v) is 19.2.